The summed E-state index contributed by atoms with van der Waals surface area (Å²) >= 11 is 3.36. The lowest BCUT2D eigenvalue weighted by Crippen LogP contribution is -2.03. The Morgan fingerprint density at radius 3 is 2.80 bits per heavy atom. The van der Waals surface area contributed by atoms with Crippen LogP contribution >= 0.6 is 15.9 Å². The van der Waals surface area contributed by atoms with E-state index in [1.807, 2.05) is 0 Å². The number of aliphatic hydroxyl groups is 1. The van der Waals surface area contributed by atoms with Crippen LogP contribution in [0.3, 0.4) is 0 Å². The summed E-state index contributed by atoms with van der Waals surface area (Å²) in [4.78, 5) is 0. The second-order valence-electron chi connectivity index (χ2n) is 4.57. The minimum atomic E-state index is -0.734. The normalized spacial score (nSPS) is 14.3. The first kappa shape index (κ1) is 13.4. The fraction of sp³-hybridized carbons (Fsp3) is 0.200. The molecule has 1 aliphatic heterocycles. The van der Waals surface area contributed by atoms with E-state index < -0.39 is 6.10 Å². The zero-order valence-electron chi connectivity index (χ0n) is 10.5. The number of fused-ring (bicyclic) bond motifs is 1. The molecule has 0 radical (unpaired) electrons. The number of hydrogen-bond donors (Lipinski definition) is 1. The van der Waals surface area contributed by atoms with Gasteiger partial charge in [0.25, 0.3) is 0 Å². The minimum absolute atomic E-state index is 0.199. The van der Waals surface area contributed by atoms with Gasteiger partial charge in [-0.3, -0.25) is 0 Å². The third-order valence-corrected chi connectivity index (χ3v) is 3.98. The van der Waals surface area contributed by atoms with Gasteiger partial charge in [0.15, 0.2) is 11.5 Å². The fourth-order valence-corrected chi connectivity index (χ4v) is 2.55. The highest BCUT2D eigenvalue weighted by Crippen LogP contribution is 2.35. The Morgan fingerprint density at radius 2 is 1.95 bits per heavy atom. The van der Waals surface area contributed by atoms with Crippen LogP contribution in [0.25, 0.3) is 0 Å². The molecule has 0 aromatic heterocycles. The zero-order chi connectivity index (χ0) is 14.1. The molecule has 2 aromatic rings. The Morgan fingerprint density at radius 1 is 1.15 bits per heavy atom. The van der Waals surface area contributed by atoms with Crippen molar-refractivity contribution < 1.29 is 19.0 Å². The van der Waals surface area contributed by atoms with Gasteiger partial charge in [-0.05, 0) is 41.5 Å². The molecule has 0 amide bonds. The fourth-order valence-electron chi connectivity index (χ4n) is 2.15. The lowest BCUT2D eigenvalue weighted by atomic mass is 10.0. The number of aliphatic hydroxyl groups excluding tert-OH is 1. The third-order valence-electron chi connectivity index (χ3n) is 3.20. The summed E-state index contributed by atoms with van der Waals surface area (Å²) < 4.78 is 24.5. The quantitative estimate of drug-likeness (QED) is 0.929. The molecule has 20 heavy (non-hydrogen) atoms. The average Bonchev–Trinajstić information content (AvgIpc) is 2.90. The molecule has 0 fully saturated rings. The molecule has 1 unspecified atom stereocenters. The van der Waals surface area contributed by atoms with Gasteiger partial charge < -0.3 is 14.6 Å². The molecule has 0 saturated heterocycles. The van der Waals surface area contributed by atoms with E-state index in [0.717, 1.165) is 10.0 Å². The van der Waals surface area contributed by atoms with Gasteiger partial charge in [-0.1, -0.05) is 22.0 Å². The molecular formula is C15H12BrFO3. The highest BCUT2D eigenvalue weighted by atomic mass is 79.9. The van der Waals surface area contributed by atoms with E-state index in [4.69, 9.17) is 9.47 Å². The van der Waals surface area contributed by atoms with Crippen molar-refractivity contribution in [3.8, 4) is 11.5 Å². The van der Waals surface area contributed by atoms with Gasteiger partial charge in [-0.2, -0.15) is 0 Å². The van der Waals surface area contributed by atoms with Gasteiger partial charge in [0, 0.05) is 10.9 Å². The first-order chi connectivity index (χ1) is 9.63. The number of benzene rings is 2. The van der Waals surface area contributed by atoms with Crippen molar-refractivity contribution in [3.05, 3.63) is 57.8 Å². The van der Waals surface area contributed by atoms with Gasteiger partial charge >= 0.3 is 0 Å². The Balaban J connectivity index is 1.82. The Labute approximate surface area is 124 Å². The number of halogens is 2. The van der Waals surface area contributed by atoms with Gasteiger partial charge in [0.2, 0.25) is 6.79 Å². The van der Waals surface area contributed by atoms with Crippen LogP contribution < -0.4 is 9.47 Å². The SMILES string of the molecule is OC(Cc1cc(F)ccc1Br)c1ccc2c(c1)OCO2. The predicted molar refractivity (Wildman–Crippen MR) is 75.3 cm³/mol. The molecule has 0 bridgehead atoms. The van der Waals surface area contributed by atoms with Crippen LogP contribution in [-0.4, -0.2) is 11.9 Å². The van der Waals surface area contributed by atoms with Crippen LogP contribution in [0.5, 0.6) is 11.5 Å². The van der Waals surface area contributed by atoms with E-state index in [-0.39, 0.29) is 12.6 Å². The molecule has 1 heterocycles. The van der Waals surface area contributed by atoms with Crippen LogP contribution in [0.2, 0.25) is 0 Å². The summed E-state index contributed by atoms with van der Waals surface area (Å²) in [6.07, 6.45) is -0.416. The standard InChI is InChI=1S/C15H12BrFO3/c16-12-3-2-11(17)5-10(12)6-13(18)9-1-4-14-15(7-9)20-8-19-14/h1-5,7,13,18H,6,8H2. The monoisotopic (exact) mass is 338 g/mol. The van der Waals surface area contributed by atoms with Gasteiger partial charge in [-0.25, -0.2) is 4.39 Å². The lowest BCUT2D eigenvalue weighted by Gasteiger charge is -2.13. The summed E-state index contributed by atoms with van der Waals surface area (Å²) in [6.45, 7) is 0.199. The summed E-state index contributed by atoms with van der Waals surface area (Å²) in [5.74, 6) is 0.980. The largest absolute Gasteiger partial charge is 0.454 e. The zero-order valence-corrected chi connectivity index (χ0v) is 12.1. The molecule has 0 aliphatic carbocycles. The Kier molecular flexibility index (Phi) is 3.63. The van der Waals surface area contributed by atoms with Crippen molar-refractivity contribution >= 4 is 15.9 Å². The van der Waals surface area contributed by atoms with Crippen molar-refractivity contribution in [1.82, 2.24) is 0 Å². The summed E-state index contributed by atoms with van der Waals surface area (Å²) in [5, 5.41) is 10.3. The Bertz CT molecular complexity index is 645. The first-order valence-corrected chi connectivity index (χ1v) is 6.94. The molecule has 3 rings (SSSR count). The molecule has 0 saturated carbocycles. The topological polar surface area (TPSA) is 38.7 Å². The van der Waals surface area contributed by atoms with E-state index in [9.17, 15) is 9.50 Å². The summed E-state index contributed by atoms with van der Waals surface area (Å²) in [5.41, 5.74) is 1.43. The highest BCUT2D eigenvalue weighted by Gasteiger charge is 2.17. The van der Waals surface area contributed by atoms with Crippen LogP contribution in [0.4, 0.5) is 4.39 Å². The number of ether oxygens (including phenoxy) is 2. The second-order valence-corrected chi connectivity index (χ2v) is 5.42. The maximum absolute atomic E-state index is 13.2. The van der Waals surface area contributed by atoms with E-state index in [0.29, 0.717) is 23.5 Å². The molecule has 1 N–H and O–H groups in total. The minimum Gasteiger partial charge on any atom is -0.454 e. The molecule has 104 valence electrons. The van der Waals surface area contributed by atoms with Gasteiger partial charge in [0.1, 0.15) is 5.82 Å². The molecule has 1 atom stereocenters. The predicted octanol–water partition coefficient (Wildman–Crippen LogP) is 3.59. The molecule has 1 aliphatic rings. The highest BCUT2D eigenvalue weighted by molar-refractivity contribution is 9.10. The van der Waals surface area contributed by atoms with E-state index in [1.165, 1.54) is 12.1 Å². The van der Waals surface area contributed by atoms with Crippen molar-refractivity contribution in [2.24, 2.45) is 0 Å². The maximum Gasteiger partial charge on any atom is 0.231 e. The summed E-state index contributed by atoms with van der Waals surface area (Å²) in [6, 6.07) is 9.73. The maximum atomic E-state index is 13.2. The lowest BCUT2D eigenvalue weighted by molar-refractivity contribution is 0.171. The molecule has 5 heteroatoms. The van der Waals surface area contributed by atoms with E-state index in [2.05, 4.69) is 15.9 Å². The Hall–Kier alpha value is -1.59. The third kappa shape index (κ3) is 2.64. The number of rotatable bonds is 3. The van der Waals surface area contributed by atoms with Crippen molar-refractivity contribution in [3.63, 3.8) is 0 Å². The van der Waals surface area contributed by atoms with E-state index in [1.54, 1.807) is 24.3 Å². The van der Waals surface area contributed by atoms with Crippen molar-refractivity contribution in [2.75, 3.05) is 6.79 Å². The average molecular weight is 339 g/mol. The molecular weight excluding hydrogens is 327 g/mol. The van der Waals surface area contributed by atoms with Crippen LogP contribution in [0, 0.1) is 5.82 Å². The second kappa shape index (κ2) is 5.42. The molecule has 2 aromatic carbocycles. The smallest absolute Gasteiger partial charge is 0.231 e. The van der Waals surface area contributed by atoms with Crippen molar-refractivity contribution in [1.29, 1.82) is 0 Å². The van der Waals surface area contributed by atoms with Gasteiger partial charge in [0.05, 0.1) is 6.10 Å². The first-order valence-electron chi connectivity index (χ1n) is 6.15. The molecule has 0 spiro atoms. The van der Waals surface area contributed by atoms with Gasteiger partial charge in [-0.15, -0.1) is 0 Å². The molecule has 3 nitrogen and oxygen atoms in total. The van der Waals surface area contributed by atoms with Crippen LogP contribution in [-0.2, 0) is 6.42 Å². The van der Waals surface area contributed by atoms with Crippen LogP contribution in [0.15, 0.2) is 40.9 Å². The van der Waals surface area contributed by atoms with Crippen LogP contribution in [0.1, 0.15) is 17.2 Å². The van der Waals surface area contributed by atoms with E-state index >= 15 is 0 Å². The number of hydrogen-bond acceptors (Lipinski definition) is 3. The van der Waals surface area contributed by atoms with Crippen molar-refractivity contribution in [2.45, 2.75) is 12.5 Å². The summed E-state index contributed by atoms with van der Waals surface area (Å²) in [7, 11) is 0.